The van der Waals surface area contributed by atoms with Crippen LogP contribution in [0.2, 0.25) is 0 Å². The molecule has 0 bridgehead atoms. The normalized spacial score (nSPS) is 13.2. The van der Waals surface area contributed by atoms with Crippen LogP contribution in [0.25, 0.3) is 0 Å². The molecule has 0 aliphatic heterocycles. The molecule has 1 atom stereocenters. The third-order valence-corrected chi connectivity index (χ3v) is 4.16. The molecule has 0 aliphatic carbocycles. The minimum atomic E-state index is -0.00666. The van der Waals surface area contributed by atoms with Crippen molar-refractivity contribution in [2.45, 2.75) is 84.8 Å². The number of rotatable bonds is 16. The fourth-order valence-corrected chi connectivity index (χ4v) is 2.92. The summed E-state index contributed by atoms with van der Waals surface area (Å²) >= 11 is 0. The lowest BCUT2D eigenvalue weighted by Gasteiger charge is -2.27. The predicted molar refractivity (Wildman–Crippen MR) is 96.3 cm³/mol. The number of hydrogen-bond donors (Lipinski definition) is 0. The second-order valence-corrected chi connectivity index (χ2v) is 6.54. The monoisotopic (exact) mass is 315 g/mol. The smallest absolute Gasteiger partial charge is 0.160 e. The molecule has 0 rings (SSSR count). The van der Waals surface area contributed by atoms with Crippen LogP contribution in [0.1, 0.15) is 78.6 Å². The standard InChI is InChI=1S/C19H41NO2/c1-6-9-10-11-12-13-15-18(16-14-17-20(4)5)19(21-7-2)22-8-3/h18-19H,6-17H2,1-5H3. The van der Waals surface area contributed by atoms with E-state index in [4.69, 9.17) is 9.47 Å². The molecule has 134 valence electrons. The summed E-state index contributed by atoms with van der Waals surface area (Å²) in [7, 11) is 4.29. The van der Waals surface area contributed by atoms with Gasteiger partial charge in [0.25, 0.3) is 0 Å². The van der Waals surface area contributed by atoms with Crippen molar-refractivity contribution in [3.8, 4) is 0 Å². The van der Waals surface area contributed by atoms with E-state index in [0.29, 0.717) is 5.92 Å². The summed E-state index contributed by atoms with van der Waals surface area (Å²) in [6.45, 7) is 9.03. The van der Waals surface area contributed by atoms with Crippen LogP contribution >= 0.6 is 0 Å². The van der Waals surface area contributed by atoms with Crippen molar-refractivity contribution in [1.29, 1.82) is 0 Å². The van der Waals surface area contributed by atoms with Crippen LogP contribution in [-0.2, 0) is 9.47 Å². The molecule has 0 aromatic heterocycles. The van der Waals surface area contributed by atoms with Gasteiger partial charge < -0.3 is 14.4 Å². The zero-order chi connectivity index (χ0) is 16.6. The van der Waals surface area contributed by atoms with Crippen molar-refractivity contribution in [3.63, 3.8) is 0 Å². The molecule has 0 saturated heterocycles. The maximum atomic E-state index is 5.86. The summed E-state index contributed by atoms with van der Waals surface area (Å²) in [6.07, 6.45) is 11.8. The predicted octanol–water partition coefficient (Wildman–Crippen LogP) is 5.09. The van der Waals surface area contributed by atoms with E-state index in [-0.39, 0.29) is 6.29 Å². The van der Waals surface area contributed by atoms with Crippen molar-refractivity contribution < 1.29 is 9.47 Å². The van der Waals surface area contributed by atoms with Gasteiger partial charge in [-0.2, -0.15) is 0 Å². The molecular weight excluding hydrogens is 274 g/mol. The molecular formula is C19H41NO2. The van der Waals surface area contributed by atoms with Crippen molar-refractivity contribution in [2.75, 3.05) is 33.9 Å². The Balaban J connectivity index is 4.17. The molecule has 3 heteroatoms. The van der Waals surface area contributed by atoms with Gasteiger partial charge >= 0.3 is 0 Å². The molecule has 0 aromatic rings. The Kier molecular flexibility index (Phi) is 15.7. The third kappa shape index (κ3) is 12.4. The number of unbranched alkanes of at least 4 members (excludes halogenated alkanes) is 5. The second-order valence-electron chi connectivity index (χ2n) is 6.54. The Hall–Kier alpha value is -0.120. The molecule has 0 saturated carbocycles. The highest BCUT2D eigenvalue weighted by Crippen LogP contribution is 2.23. The molecule has 3 nitrogen and oxygen atoms in total. The topological polar surface area (TPSA) is 21.7 Å². The van der Waals surface area contributed by atoms with Crippen molar-refractivity contribution in [2.24, 2.45) is 5.92 Å². The Bertz CT molecular complexity index is 215. The largest absolute Gasteiger partial charge is 0.353 e. The zero-order valence-corrected chi connectivity index (χ0v) is 15.9. The molecule has 0 radical (unpaired) electrons. The van der Waals surface area contributed by atoms with Crippen molar-refractivity contribution >= 4 is 0 Å². The highest BCUT2D eigenvalue weighted by molar-refractivity contribution is 4.66. The van der Waals surface area contributed by atoms with Crippen molar-refractivity contribution in [3.05, 3.63) is 0 Å². The summed E-state index contributed by atoms with van der Waals surface area (Å²) in [5, 5.41) is 0. The van der Waals surface area contributed by atoms with Crippen LogP contribution < -0.4 is 0 Å². The first-order valence-electron chi connectivity index (χ1n) is 9.53. The van der Waals surface area contributed by atoms with Gasteiger partial charge in [-0.05, 0) is 53.8 Å². The van der Waals surface area contributed by atoms with Gasteiger partial charge in [0.1, 0.15) is 0 Å². The summed E-state index contributed by atoms with van der Waals surface area (Å²) in [5.41, 5.74) is 0. The fraction of sp³-hybridized carbons (Fsp3) is 1.00. The lowest BCUT2D eigenvalue weighted by Crippen LogP contribution is -2.28. The van der Waals surface area contributed by atoms with E-state index in [2.05, 4.69) is 39.8 Å². The van der Waals surface area contributed by atoms with Gasteiger partial charge in [-0.3, -0.25) is 0 Å². The Morgan fingerprint density at radius 2 is 1.27 bits per heavy atom. The molecule has 0 N–H and O–H groups in total. The summed E-state index contributed by atoms with van der Waals surface area (Å²) < 4.78 is 11.7. The molecule has 0 aliphatic rings. The van der Waals surface area contributed by atoms with Crippen LogP contribution in [0.5, 0.6) is 0 Å². The molecule has 0 spiro atoms. The second kappa shape index (κ2) is 15.8. The Morgan fingerprint density at radius 1 is 0.727 bits per heavy atom. The molecule has 22 heavy (non-hydrogen) atoms. The lowest BCUT2D eigenvalue weighted by atomic mass is 9.94. The van der Waals surface area contributed by atoms with Gasteiger partial charge in [-0.1, -0.05) is 45.4 Å². The van der Waals surface area contributed by atoms with Crippen LogP contribution in [0.3, 0.4) is 0 Å². The van der Waals surface area contributed by atoms with Crippen LogP contribution in [0.4, 0.5) is 0 Å². The molecule has 0 amide bonds. The minimum Gasteiger partial charge on any atom is -0.353 e. The van der Waals surface area contributed by atoms with Gasteiger partial charge in [0.05, 0.1) is 0 Å². The van der Waals surface area contributed by atoms with Gasteiger partial charge in [-0.25, -0.2) is 0 Å². The van der Waals surface area contributed by atoms with E-state index in [9.17, 15) is 0 Å². The zero-order valence-electron chi connectivity index (χ0n) is 15.9. The summed E-state index contributed by atoms with van der Waals surface area (Å²) in [6, 6.07) is 0. The highest BCUT2D eigenvalue weighted by atomic mass is 16.7. The fourth-order valence-electron chi connectivity index (χ4n) is 2.92. The van der Waals surface area contributed by atoms with Gasteiger partial charge in [0.15, 0.2) is 6.29 Å². The van der Waals surface area contributed by atoms with Crippen molar-refractivity contribution in [1.82, 2.24) is 4.90 Å². The van der Waals surface area contributed by atoms with Crippen LogP contribution in [-0.4, -0.2) is 45.0 Å². The quantitative estimate of drug-likeness (QED) is 0.292. The highest BCUT2D eigenvalue weighted by Gasteiger charge is 2.21. The summed E-state index contributed by atoms with van der Waals surface area (Å²) in [4.78, 5) is 2.26. The van der Waals surface area contributed by atoms with Gasteiger partial charge in [0, 0.05) is 19.1 Å². The van der Waals surface area contributed by atoms with Crippen LogP contribution in [0.15, 0.2) is 0 Å². The Morgan fingerprint density at radius 3 is 1.82 bits per heavy atom. The average molecular weight is 316 g/mol. The molecule has 0 fully saturated rings. The van der Waals surface area contributed by atoms with E-state index in [1.165, 1.54) is 57.8 Å². The van der Waals surface area contributed by atoms with E-state index in [1.807, 2.05) is 0 Å². The SMILES string of the molecule is CCCCCCCCC(CCCN(C)C)C(OCC)OCC. The number of nitrogens with zero attached hydrogens (tertiary/aromatic N) is 1. The maximum absolute atomic E-state index is 5.86. The number of hydrogen-bond acceptors (Lipinski definition) is 3. The average Bonchev–Trinajstić information content (AvgIpc) is 2.48. The molecule has 0 heterocycles. The van der Waals surface area contributed by atoms with E-state index < -0.39 is 0 Å². The summed E-state index contributed by atoms with van der Waals surface area (Å²) in [5.74, 6) is 0.547. The van der Waals surface area contributed by atoms with Gasteiger partial charge in [0.2, 0.25) is 0 Å². The first kappa shape index (κ1) is 21.9. The van der Waals surface area contributed by atoms with E-state index >= 15 is 0 Å². The first-order valence-corrected chi connectivity index (χ1v) is 9.53. The molecule has 0 aromatic carbocycles. The maximum Gasteiger partial charge on any atom is 0.160 e. The number of ether oxygens (including phenoxy) is 2. The third-order valence-electron chi connectivity index (χ3n) is 4.16. The Labute approximate surface area is 139 Å². The van der Waals surface area contributed by atoms with Crippen LogP contribution in [0, 0.1) is 5.92 Å². The van der Waals surface area contributed by atoms with Gasteiger partial charge in [-0.15, -0.1) is 0 Å². The minimum absolute atomic E-state index is 0.00666. The van der Waals surface area contributed by atoms with E-state index in [1.54, 1.807) is 0 Å². The lowest BCUT2D eigenvalue weighted by molar-refractivity contribution is -0.170. The first-order chi connectivity index (χ1) is 10.7. The van der Waals surface area contributed by atoms with E-state index in [0.717, 1.165) is 19.8 Å². The molecule has 1 unspecified atom stereocenters.